The molecule has 1 aromatic rings. The second kappa shape index (κ2) is 11.3. The van der Waals surface area contributed by atoms with Crippen molar-refractivity contribution in [2.45, 2.75) is 51.9 Å². The van der Waals surface area contributed by atoms with E-state index in [0.717, 1.165) is 18.6 Å². The van der Waals surface area contributed by atoms with Gasteiger partial charge in [-0.15, -0.1) is 0 Å². The number of hydrogen-bond donors (Lipinski definition) is 0. The molecule has 0 saturated carbocycles. The summed E-state index contributed by atoms with van der Waals surface area (Å²) in [4.78, 5) is 11.5. The van der Waals surface area contributed by atoms with Crippen LogP contribution in [0.25, 0.3) is 0 Å². The van der Waals surface area contributed by atoms with Crippen molar-refractivity contribution in [1.82, 2.24) is 0 Å². The highest BCUT2D eigenvalue weighted by molar-refractivity contribution is 5.69. The van der Waals surface area contributed by atoms with Crippen LogP contribution >= 0.6 is 0 Å². The van der Waals surface area contributed by atoms with Crippen LogP contribution in [0.15, 0.2) is 30.3 Å². The Bertz CT molecular complexity index is 349. The molecule has 0 aliphatic rings. The first-order valence-electron chi connectivity index (χ1n) is 7.66. The average molecular weight is 278 g/mol. The van der Waals surface area contributed by atoms with Crippen molar-refractivity contribution in [2.24, 2.45) is 0 Å². The lowest BCUT2D eigenvalue weighted by Crippen LogP contribution is -2.10. The highest BCUT2D eigenvalue weighted by Gasteiger charge is 2.03. The number of rotatable bonds is 11. The molecule has 0 heterocycles. The van der Waals surface area contributed by atoms with Gasteiger partial charge in [0.25, 0.3) is 0 Å². The van der Waals surface area contributed by atoms with Crippen molar-refractivity contribution in [3.8, 4) is 5.75 Å². The molecule has 0 N–H and O–H groups in total. The van der Waals surface area contributed by atoms with Gasteiger partial charge in [0, 0.05) is 0 Å². The molecule has 0 aromatic heterocycles. The Morgan fingerprint density at radius 3 is 2.40 bits per heavy atom. The number of ether oxygens (including phenoxy) is 2. The van der Waals surface area contributed by atoms with Gasteiger partial charge in [-0.3, -0.25) is 4.79 Å². The van der Waals surface area contributed by atoms with E-state index in [-0.39, 0.29) is 5.97 Å². The van der Waals surface area contributed by atoms with E-state index in [0.29, 0.717) is 19.6 Å². The van der Waals surface area contributed by atoms with Crippen LogP contribution in [0.5, 0.6) is 5.75 Å². The maximum Gasteiger partial charge on any atom is 0.309 e. The molecular formula is C17H26O3. The lowest BCUT2D eigenvalue weighted by molar-refractivity contribution is -0.144. The third-order valence-corrected chi connectivity index (χ3v) is 3.08. The van der Waals surface area contributed by atoms with Gasteiger partial charge in [-0.2, -0.15) is 0 Å². The summed E-state index contributed by atoms with van der Waals surface area (Å²) >= 11 is 0. The van der Waals surface area contributed by atoms with Gasteiger partial charge in [0.2, 0.25) is 0 Å². The van der Waals surface area contributed by atoms with E-state index in [1.807, 2.05) is 30.3 Å². The highest BCUT2D eigenvalue weighted by Crippen LogP contribution is 2.09. The SMILES string of the molecule is CCCCCCCCOC(=O)CCOc1ccccc1. The normalized spacial score (nSPS) is 10.2. The molecule has 0 amide bonds. The monoisotopic (exact) mass is 278 g/mol. The minimum atomic E-state index is -0.172. The van der Waals surface area contributed by atoms with Crippen LogP contribution in [0.3, 0.4) is 0 Å². The number of para-hydroxylation sites is 1. The Hall–Kier alpha value is -1.51. The van der Waals surface area contributed by atoms with Crippen molar-refractivity contribution >= 4 is 5.97 Å². The Morgan fingerprint density at radius 2 is 1.65 bits per heavy atom. The lowest BCUT2D eigenvalue weighted by Gasteiger charge is -2.06. The number of esters is 1. The van der Waals surface area contributed by atoms with Crippen molar-refractivity contribution in [3.05, 3.63) is 30.3 Å². The number of hydrogen-bond acceptors (Lipinski definition) is 3. The summed E-state index contributed by atoms with van der Waals surface area (Å²) < 4.78 is 10.6. The fourth-order valence-corrected chi connectivity index (χ4v) is 1.91. The van der Waals surface area contributed by atoms with Crippen molar-refractivity contribution in [3.63, 3.8) is 0 Å². The van der Waals surface area contributed by atoms with Crippen LogP contribution in [-0.4, -0.2) is 19.2 Å². The number of carbonyl (C=O) groups is 1. The van der Waals surface area contributed by atoms with Crippen LogP contribution in [0, 0.1) is 0 Å². The van der Waals surface area contributed by atoms with Gasteiger partial charge in [0.15, 0.2) is 0 Å². The molecule has 0 bridgehead atoms. The van der Waals surface area contributed by atoms with Gasteiger partial charge >= 0.3 is 5.97 Å². The van der Waals surface area contributed by atoms with Crippen molar-refractivity contribution in [2.75, 3.05) is 13.2 Å². The van der Waals surface area contributed by atoms with Crippen LogP contribution in [0.2, 0.25) is 0 Å². The summed E-state index contributed by atoms with van der Waals surface area (Å²) in [7, 11) is 0. The van der Waals surface area contributed by atoms with Gasteiger partial charge in [0.05, 0.1) is 19.6 Å². The smallest absolute Gasteiger partial charge is 0.309 e. The van der Waals surface area contributed by atoms with Crippen LogP contribution in [0.4, 0.5) is 0 Å². The maximum absolute atomic E-state index is 11.5. The third kappa shape index (κ3) is 8.57. The van der Waals surface area contributed by atoms with Gasteiger partial charge in [0.1, 0.15) is 5.75 Å². The summed E-state index contributed by atoms with van der Waals surface area (Å²) in [6.07, 6.45) is 7.51. The fraction of sp³-hybridized carbons (Fsp3) is 0.588. The first-order chi connectivity index (χ1) is 9.83. The lowest BCUT2D eigenvalue weighted by atomic mass is 10.1. The second-order valence-corrected chi connectivity index (χ2v) is 4.90. The Morgan fingerprint density at radius 1 is 0.950 bits per heavy atom. The second-order valence-electron chi connectivity index (χ2n) is 4.90. The van der Waals surface area contributed by atoms with Crippen LogP contribution in [-0.2, 0) is 9.53 Å². The minimum Gasteiger partial charge on any atom is -0.493 e. The van der Waals surface area contributed by atoms with Gasteiger partial charge in [-0.25, -0.2) is 0 Å². The number of unbranched alkanes of at least 4 members (excludes halogenated alkanes) is 5. The molecule has 1 rings (SSSR count). The minimum absolute atomic E-state index is 0.172. The Kier molecular flexibility index (Phi) is 9.37. The third-order valence-electron chi connectivity index (χ3n) is 3.08. The molecule has 20 heavy (non-hydrogen) atoms. The summed E-state index contributed by atoms with van der Waals surface area (Å²) in [5, 5.41) is 0. The largest absolute Gasteiger partial charge is 0.493 e. The molecular weight excluding hydrogens is 252 g/mol. The molecule has 112 valence electrons. The standard InChI is InChI=1S/C17H26O3/c1-2-3-4-5-6-10-14-20-17(18)13-15-19-16-11-8-7-9-12-16/h7-9,11-12H,2-6,10,13-15H2,1H3. The van der Waals surface area contributed by atoms with E-state index in [4.69, 9.17) is 9.47 Å². The van der Waals surface area contributed by atoms with E-state index >= 15 is 0 Å². The maximum atomic E-state index is 11.5. The van der Waals surface area contributed by atoms with Crippen LogP contribution in [0.1, 0.15) is 51.9 Å². The first kappa shape index (κ1) is 16.5. The van der Waals surface area contributed by atoms with Crippen molar-refractivity contribution < 1.29 is 14.3 Å². The number of benzene rings is 1. The fourth-order valence-electron chi connectivity index (χ4n) is 1.91. The zero-order valence-electron chi connectivity index (χ0n) is 12.5. The van der Waals surface area contributed by atoms with Gasteiger partial charge in [-0.1, -0.05) is 57.2 Å². The molecule has 0 fully saturated rings. The first-order valence-corrected chi connectivity index (χ1v) is 7.66. The van der Waals surface area contributed by atoms with Crippen molar-refractivity contribution in [1.29, 1.82) is 0 Å². The van der Waals surface area contributed by atoms with E-state index in [1.54, 1.807) is 0 Å². The summed E-state index contributed by atoms with van der Waals surface area (Å²) in [6.45, 7) is 3.12. The van der Waals surface area contributed by atoms with E-state index in [9.17, 15) is 4.79 Å². The summed E-state index contributed by atoms with van der Waals surface area (Å²) in [5.41, 5.74) is 0. The predicted molar refractivity (Wildman–Crippen MR) is 80.9 cm³/mol. The van der Waals surface area contributed by atoms with Crippen LogP contribution < -0.4 is 4.74 Å². The Labute approximate surface area is 122 Å². The molecule has 0 atom stereocenters. The zero-order valence-corrected chi connectivity index (χ0v) is 12.5. The average Bonchev–Trinajstić information content (AvgIpc) is 2.47. The molecule has 0 unspecified atom stereocenters. The molecule has 3 nitrogen and oxygen atoms in total. The topological polar surface area (TPSA) is 35.5 Å². The van der Waals surface area contributed by atoms with E-state index < -0.39 is 0 Å². The molecule has 3 heteroatoms. The predicted octanol–water partition coefficient (Wildman–Crippen LogP) is 4.36. The Balaban J connectivity index is 1.93. The summed E-state index contributed by atoms with van der Waals surface area (Å²) in [6, 6.07) is 9.50. The quantitative estimate of drug-likeness (QED) is 0.445. The molecule has 0 radical (unpaired) electrons. The molecule has 0 aliphatic carbocycles. The molecule has 0 spiro atoms. The summed E-state index contributed by atoms with van der Waals surface area (Å²) in [5.74, 6) is 0.616. The van der Waals surface area contributed by atoms with Gasteiger partial charge in [-0.05, 0) is 18.6 Å². The van der Waals surface area contributed by atoms with E-state index in [1.165, 1.54) is 25.7 Å². The molecule has 0 aliphatic heterocycles. The number of carbonyl (C=O) groups excluding carboxylic acids is 1. The van der Waals surface area contributed by atoms with Gasteiger partial charge < -0.3 is 9.47 Å². The molecule has 0 saturated heterocycles. The van der Waals surface area contributed by atoms with E-state index in [2.05, 4.69) is 6.92 Å². The zero-order chi connectivity index (χ0) is 14.5. The highest BCUT2D eigenvalue weighted by atomic mass is 16.5. The molecule has 1 aromatic carbocycles.